The fourth-order valence-corrected chi connectivity index (χ4v) is 4.42. The number of aliphatic hydroxyl groups is 5. The fraction of sp³-hybridized carbons (Fsp3) is 0.458. The number of ether oxygens (including phenoxy) is 5. The van der Waals surface area contributed by atoms with Crippen LogP contribution in [0, 0.1) is 0 Å². The summed E-state index contributed by atoms with van der Waals surface area (Å²) in [6.07, 6.45) is -7.99. The van der Waals surface area contributed by atoms with Crippen LogP contribution in [0.4, 0.5) is 0 Å². The van der Waals surface area contributed by atoms with Gasteiger partial charge in [0.05, 0.1) is 38.9 Å². The maximum Gasteiger partial charge on any atom is 0.335 e. The van der Waals surface area contributed by atoms with E-state index < -0.39 is 55.3 Å². The summed E-state index contributed by atoms with van der Waals surface area (Å²) in [6, 6.07) is 7.51. The number of carbonyl (C=O) groups is 1. The van der Waals surface area contributed by atoms with Gasteiger partial charge in [0, 0.05) is 5.56 Å². The molecule has 2 aliphatic heterocycles. The molecular weight excluding hydrogens is 480 g/mol. The summed E-state index contributed by atoms with van der Waals surface area (Å²) < 4.78 is 27.9. The maximum absolute atomic E-state index is 11.5. The topological polar surface area (TPSA) is 185 Å². The van der Waals surface area contributed by atoms with Gasteiger partial charge in [-0.15, -0.1) is 0 Å². The quantitative estimate of drug-likeness (QED) is 0.276. The summed E-state index contributed by atoms with van der Waals surface area (Å²) in [5, 5.41) is 59.2. The van der Waals surface area contributed by atoms with Crippen LogP contribution >= 0.6 is 0 Å². The first-order valence-electron chi connectivity index (χ1n) is 11.1. The number of methoxy groups -OCH3 is 2. The van der Waals surface area contributed by atoms with Crippen molar-refractivity contribution in [1.82, 2.24) is 0 Å². The molecule has 0 amide bonds. The summed E-state index contributed by atoms with van der Waals surface area (Å²) >= 11 is 0. The van der Waals surface area contributed by atoms with Crippen LogP contribution in [-0.4, -0.2) is 94.7 Å². The van der Waals surface area contributed by atoms with E-state index in [9.17, 15) is 35.4 Å². The van der Waals surface area contributed by atoms with Crippen LogP contribution in [0.25, 0.3) is 0 Å². The Morgan fingerprint density at radius 3 is 2.25 bits per heavy atom. The minimum atomic E-state index is -1.60. The molecule has 6 N–H and O–H groups in total. The Kier molecular flexibility index (Phi) is 7.54. The second kappa shape index (κ2) is 10.5. The minimum Gasteiger partial charge on any atom is -0.493 e. The van der Waals surface area contributed by atoms with E-state index in [0.29, 0.717) is 16.9 Å². The summed E-state index contributed by atoms with van der Waals surface area (Å²) in [5.74, 6) is -0.860. The molecule has 2 aromatic carbocycles. The van der Waals surface area contributed by atoms with Gasteiger partial charge in [-0.25, -0.2) is 4.79 Å². The summed E-state index contributed by atoms with van der Waals surface area (Å²) in [6.45, 7) is -0.939. The van der Waals surface area contributed by atoms with E-state index in [1.54, 1.807) is 12.1 Å². The van der Waals surface area contributed by atoms with Gasteiger partial charge < -0.3 is 54.3 Å². The van der Waals surface area contributed by atoms with Gasteiger partial charge in [0.2, 0.25) is 6.29 Å². The second-order valence-corrected chi connectivity index (χ2v) is 8.45. The lowest BCUT2D eigenvalue weighted by Gasteiger charge is -2.39. The van der Waals surface area contributed by atoms with Crippen molar-refractivity contribution in [2.45, 2.75) is 42.7 Å². The van der Waals surface area contributed by atoms with Gasteiger partial charge in [-0.05, 0) is 29.8 Å². The maximum atomic E-state index is 11.5. The van der Waals surface area contributed by atoms with Crippen molar-refractivity contribution in [1.29, 1.82) is 0 Å². The number of fused-ring (bicyclic) bond motifs is 1. The van der Waals surface area contributed by atoms with Crippen LogP contribution in [-0.2, 0) is 4.74 Å². The van der Waals surface area contributed by atoms with Crippen molar-refractivity contribution < 1.29 is 59.1 Å². The monoisotopic (exact) mass is 508 g/mol. The third kappa shape index (κ3) is 4.54. The lowest BCUT2D eigenvalue weighted by molar-refractivity contribution is -0.277. The summed E-state index contributed by atoms with van der Waals surface area (Å²) in [4.78, 5) is 11.5. The molecule has 1 fully saturated rings. The van der Waals surface area contributed by atoms with Crippen molar-refractivity contribution in [3.63, 3.8) is 0 Å². The highest BCUT2D eigenvalue weighted by Gasteiger charge is 2.45. The van der Waals surface area contributed by atoms with Crippen molar-refractivity contribution in [2.24, 2.45) is 0 Å². The summed E-state index contributed by atoms with van der Waals surface area (Å²) in [5.41, 5.74) is 1.05. The highest BCUT2D eigenvalue weighted by atomic mass is 16.7. The number of hydrogen-bond donors (Lipinski definition) is 6. The lowest BCUT2D eigenvalue weighted by Crippen LogP contribution is -2.60. The Labute approximate surface area is 205 Å². The normalized spacial score (nSPS) is 29.2. The zero-order valence-electron chi connectivity index (χ0n) is 19.5. The van der Waals surface area contributed by atoms with Crippen LogP contribution in [0.3, 0.4) is 0 Å². The molecule has 7 atom stereocenters. The number of carboxylic acids is 1. The Morgan fingerprint density at radius 1 is 0.917 bits per heavy atom. The first-order chi connectivity index (χ1) is 17.2. The van der Waals surface area contributed by atoms with Crippen LogP contribution in [0.5, 0.6) is 23.0 Å². The van der Waals surface area contributed by atoms with Gasteiger partial charge in [-0.3, -0.25) is 0 Å². The predicted octanol–water partition coefficient (Wildman–Crippen LogP) is -0.210. The van der Waals surface area contributed by atoms with Gasteiger partial charge in [0.25, 0.3) is 0 Å². The van der Waals surface area contributed by atoms with Gasteiger partial charge >= 0.3 is 5.97 Å². The third-order valence-corrected chi connectivity index (χ3v) is 6.36. The number of rotatable bonds is 8. The molecule has 36 heavy (non-hydrogen) atoms. The van der Waals surface area contributed by atoms with Crippen LogP contribution in [0.1, 0.15) is 33.5 Å². The van der Waals surface area contributed by atoms with E-state index in [0.717, 1.165) is 0 Å². The molecule has 2 aromatic rings. The number of benzene rings is 2. The molecule has 0 aromatic heterocycles. The molecule has 4 rings (SSSR count). The number of aliphatic hydroxyl groups excluding tert-OH is 5. The standard InChI is InChI=1S/C24H28O12/c1-32-15-6-10(3-4-14(15)34-24-20(29)19(28)18(27)17(9-26)35-24)21-13(8-25)12-5-11(23(30)31)7-16(33-2)22(12)36-21/h3-7,13,17-21,24-29H,8-9H2,1-2H3,(H,30,31)/t13-,17-,18-,19+,20-,21+,24-/m1/s1. The molecule has 0 saturated carbocycles. The van der Waals surface area contributed by atoms with E-state index in [1.807, 2.05) is 0 Å². The smallest absolute Gasteiger partial charge is 0.335 e. The van der Waals surface area contributed by atoms with Crippen molar-refractivity contribution in [3.05, 3.63) is 47.0 Å². The van der Waals surface area contributed by atoms with E-state index in [-0.39, 0.29) is 29.4 Å². The van der Waals surface area contributed by atoms with E-state index >= 15 is 0 Å². The molecule has 2 heterocycles. The second-order valence-electron chi connectivity index (χ2n) is 8.45. The molecule has 0 bridgehead atoms. The minimum absolute atomic E-state index is 0.00541. The molecule has 2 aliphatic rings. The highest BCUT2D eigenvalue weighted by molar-refractivity contribution is 5.89. The molecule has 12 heteroatoms. The fourth-order valence-electron chi connectivity index (χ4n) is 4.42. The van der Waals surface area contributed by atoms with E-state index in [1.165, 1.54) is 32.4 Å². The van der Waals surface area contributed by atoms with E-state index in [2.05, 4.69) is 0 Å². The van der Waals surface area contributed by atoms with Crippen molar-refractivity contribution in [2.75, 3.05) is 27.4 Å². The third-order valence-electron chi connectivity index (χ3n) is 6.36. The van der Waals surface area contributed by atoms with Crippen molar-refractivity contribution >= 4 is 5.97 Å². The summed E-state index contributed by atoms with van der Waals surface area (Å²) in [7, 11) is 2.77. The highest BCUT2D eigenvalue weighted by Crippen LogP contribution is 2.51. The molecule has 0 unspecified atom stereocenters. The molecule has 0 aliphatic carbocycles. The molecular formula is C24H28O12. The SMILES string of the molecule is COc1cc([C@@H]2Oc3c(OC)cc(C(=O)O)cc3[C@H]2CO)ccc1O[C@@H]1O[C@H](CO)[C@@H](O)[C@H](O)[C@H]1O. The molecule has 1 saturated heterocycles. The van der Waals surface area contributed by atoms with Gasteiger partial charge in [-0.1, -0.05) is 6.07 Å². The molecule has 0 spiro atoms. The van der Waals surface area contributed by atoms with Crippen LogP contribution in [0.15, 0.2) is 30.3 Å². The van der Waals surface area contributed by atoms with Gasteiger partial charge in [0.1, 0.15) is 30.5 Å². The molecule has 0 radical (unpaired) electrons. The Morgan fingerprint density at radius 2 is 1.64 bits per heavy atom. The average Bonchev–Trinajstić information content (AvgIpc) is 3.27. The number of carboxylic acid groups (broad SMARTS) is 1. The Bertz CT molecular complexity index is 1100. The lowest BCUT2D eigenvalue weighted by atomic mass is 9.90. The largest absolute Gasteiger partial charge is 0.493 e. The van der Waals surface area contributed by atoms with Gasteiger partial charge in [0.15, 0.2) is 23.0 Å². The zero-order valence-corrected chi connectivity index (χ0v) is 19.5. The zero-order chi connectivity index (χ0) is 26.1. The molecule has 12 nitrogen and oxygen atoms in total. The number of aromatic carboxylic acids is 1. The van der Waals surface area contributed by atoms with Crippen LogP contribution < -0.4 is 18.9 Å². The van der Waals surface area contributed by atoms with E-state index in [4.69, 9.17) is 23.7 Å². The number of hydrogen-bond acceptors (Lipinski definition) is 11. The average molecular weight is 508 g/mol. The first-order valence-corrected chi connectivity index (χ1v) is 11.1. The predicted molar refractivity (Wildman–Crippen MR) is 121 cm³/mol. The van der Waals surface area contributed by atoms with Gasteiger partial charge in [-0.2, -0.15) is 0 Å². The molecule has 196 valence electrons. The van der Waals surface area contributed by atoms with Crippen LogP contribution in [0.2, 0.25) is 0 Å². The Balaban J connectivity index is 1.62. The first kappa shape index (κ1) is 25.9. The Hall–Kier alpha value is -3.13. The van der Waals surface area contributed by atoms with Crippen molar-refractivity contribution in [3.8, 4) is 23.0 Å².